The molecule has 1 aliphatic carbocycles. The van der Waals surface area contributed by atoms with Crippen molar-refractivity contribution in [3.05, 3.63) is 50.4 Å². The molecule has 7 heteroatoms. The zero-order valence-electron chi connectivity index (χ0n) is 13.4. The second-order valence-electron chi connectivity index (χ2n) is 5.87. The van der Waals surface area contributed by atoms with Crippen molar-refractivity contribution in [3.63, 3.8) is 0 Å². The Morgan fingerprint density at radius 1 is 1.20 bits per heavy atom. The Bertz CT molecular complexity index is 782. The summed E-state index contributed by atoms with van der Waals surface area (Å²) in [5.41, 5.74) is 1.49. The van der Waals surface area contributed by atoms with Crippen LogP contribution >= 0.6 is 22.9 Å². The van der Waals surface area contributed by atoms with E-state index in [-0.39, 0.29) is 10.7 Å². The lowest BCUT2D eigenvalue weighted by Gasteiger charge is -2.07. The lowest BCUT2D eigenvalue weighted by atomic mass is 10.1. The van der Waals surface area contributed by atoms with E-state index in [1.165, 1.54) is 40.3 Å². The van der Waals surface area contributed by atoms with E-state index in [1.807, 2.05) is 6.07 Å². The SMILES string of the molecule is O=C(COC(=O)c1cc2c(s1)CCCCC2)Nc1ccc(F)cc1Cl. The minimum absolute atomic E-state index is 0.0849. The number of rotatable bonds is 4. The number of carbonyl (C=O) groups excluding carboxylic acids is 2. The number of carbonyl (C=O) groups is 2. The first-order chi connectivity index (χ1) is 12.0. The van der Waals surface area contributed by atoms with Crippen LogP contribution in [0.5, 0.6) is 0 Å². The standard InChI is InChI=1S/C18H17ClFNO3S/c19-13-9-12(20)6-7-14(13)21-17(22)10-24-18(23)16-8-11-4-2-1-3-5-15(11)25-16/h6-9H,1-5,10H2,(H,21,22). The fraction of sp³-hybridized carbons (Fsp3) is 0.333. The molecule has 0 saturated heterocycles. The summed E-state index contributed by atoms with van der Waals surface area (Å²) >= 11 is 7.29. The molecule has 1 heterocycles. The van der Waals surface area contributed by atoms with Crippen LogP contribution in [0.25, 0.3) is 0 Å². The topological polar surface area (TPSA) is 55.4 Å². The van der Waals surface area contributed by atoms with Gasteiger partial charge in [-0.25, -0.2) is 9.18 Å². The van der Waals surface area contributed by atoms with E-state index in [4.69, 9.17) is 16.3 Å². The molecule has 132 valence electrons. The summed E-state index contributed by atoms with van der Waals surface area (Å²) in [4.78, 5) is 25.8. The van der Waals surface area contributed by atoms with Crippen LogP contribution in [0.4, 0.5) is 10.1 Å². The van der Waals surface area contributed by atoms with Gasteiger partial charge in [0.2, 0.25) is 0 Å². The molecule has 0 fully saturated rings. The third-order valence-electron chi connectivity index (χ3n) is 3.99. The van der Waals surface area contributed by atoms with Crippen molar-refractivity contribution in [1.82, 2.24) is 0 Å². The van der Waals surface area contributed by atoms with Gasteiger partial charge in [-0.1, -0.05) is 18.0 Å². The molecular formula is C18H17ClFNO3S. The van der Waals surface area contributed by atoms with Crippen LogP contribution in [0.2, 0.25) is 5.02 Å². The van der Waals surface area contributed by atoms with Crippen LogP contribution in [-0.2, 0) is 22.4 Å². The molecule has 3 rings (SSSR count). The van der Waals surface area contributed by atoms with Crippen molar-refractivity contribution in [2.45, 2.75) is 32.1 Å². The Kier molecular flexibility index (Phi) is 5.71. The zero-order chi connectivity index (χ0) is 17.8. The quantitative estimate of drug-likeness (QED) is 0.621. The number of fused-ring (bicyclic) bond motifs is 1. The first-order valence-electron chi connectivity index (χ1n) is 8.06. The lowest BCUT2D eigenvalue weighted by Crippen LogP contribution is -2.20. The Hall–Kier alpha value is -1.92. The maximum Gasteiger partial charge on any atom is 0.348 e. The molecule has 1 N–H and O–H groups in total. The number of halogens is 2. The van der Waals surface area contributed by atoms with Crippen molar-refractivity contribution in [2.75, 3.05) is 11.9 Å². The van der Waals surface area contributed by atoms with Crippen LogP contribution in [0.3, 0.4) is 0 Å². The summed E-state index contributed by atoms with van der Waals surface area (Å²) in [6.07, 6.45) is 5.48. The molecule has 0 aliphatic heterocycles. The maximum absolute atomic E-state index is 13.0. The van der Waals surface area contributed by atoms with Crippen LogP contribution < -0.4 is 5.32 Å². The lowest BCUT2D eigenvalue weighted by molar-refractivity contribution is -0.119. The minimum Gasteiger partial charge on any atom is -0.451 e. The summed E-state index contributed by atoms with van der Waals surface area (Å²) < 4.78 is 18.1. The summed E-state index contributed by atoms with van der Waals surface area (Å²) in [7, 11) is 0. The van der Waals surface area contributed by atoms with Gasteiger partial charge in [0, 0.05) is 4.88 Å². The number of thiophene rings is 1. The molecule has 0 atom stereocenters. The smallest absolute Gasteiger partial charge is 0.348 e. The second kappa shape index (κ2) is 7.97. The summed E-state index contributed by atoms with van der Waals surface area (Å²) in [6.45, 7) is -0.422. The third kappa shape index (κ3) is 4.58. The van der Waals surface area contributed by atoms with Crippen molar-refractivity contribution in [2.24, 2.45) is 0 Å². The van der Waals surface area contributed by atoms with Gasteiger partial charge < -0.3 is 10.1 Å². The summed E-state index contributed by atoms with van der Waals surface area (Å²) in [5.74, 6) is -1.52. The van der Waals surface area contributed by atoms with Gasteiger partial charge in [-0.2, -0.15) is 0 Å². The number of esters is 1. The number of aryl methyl sites for hydroxylation is 2. The normalized spacial score (nSPS) is 13.7. The van der Waals surface area contributed by atoms with Gasteiger partial charge in [-0.3, -0.25) is 4.79 Å². The molecule has 0 saturated carbocycles. The fourth-order valence-electron chi connectivity index (χ4n) is 2.75. The predicted molar refractivity (Wildman–Crippen MR) is 95.9 cm³/mol. The average Bonchev–Trinajstić information content (AvgIpc) is 2.86. The Balaban J connectivity index is 1.56. The van der Waals surface area contributed by atoms with Crippen LogP contribution in [-0.4, -0.2) is 18.5 Å². The van der Waals surface area contributed by atoms with Crippen molar-refractivity contribution in [3.8, 4) is 0 Å². The monoisotopic (exact) mass is 381 g/mol. The molecule has 0 spiro atoms. The van der Waals surface area contributed by atoms with Crippen molar-refractivity contribution >= 4 is 40.5 Å². The van der Waals surface area contributed by atoms with E-state index >= 15 is 0 Å². The summed E-state index contributed by atoms with van der Waals surface area (Å²) in [5, 5.41) is 2.57. The molecular weight excluding hydrogens is 365 g/mol. The highest BCUT2D eigenvalue weighted by atomic mass is 35.5. The molecule has 1 aliphatic rings. The van der Waals surface area contributed by atoms with Crippen molar-refractivity contribution in [1.29, 1.82) is 0 Å². The molecule has 0 bridgehead atoms. The minimum atomic E-state index is -0.528. The molecule has 0 radical (unpaired) electrons. The van der Waals surface area contributed by atoms with Gasteiger partial charge >= 0.3 is 5.97 Å². The first-order valence-corrected chi connectivity index (χ1v) is 9.26. The molecule has 4 nitrogen and oxygen atoms in total. The molecule has 2 aromatic rings. The van der Waals surface area contributed by atoms with Gasteiger partial charge in [-0.05, 0) is 55.5 Å². The van der Waals surface area contributed by atoms with Gasteiger partial charge in [0.25, 0.3) is 5.91 Å². The van der Waals surface area contributed by atoms with Gasteiger partial charge in [0.15, 0.2) is 6.61 Å². The Morgan fingerprint density at radius 2 is 2.00 bits per heavy atom. The van der Waals surface area contributed by atoms with E-state index < -0.39 is 24.3 Å². The number of benzene rings is 1. The number of nitrogens with one attached hydrogen (secondary N) is 1. The molecule has 1 aromatic carbocycles. The molecule has 25 heavy (non-hydrogen) atoms. The maximum atomic E-state index is 13.0. The van der Waals surface area contributed by atoms with Gasteiger partial charge in [0.05, 0.1) is 10.7 Å². The van der Waals surface area contributed by atoms with Crippen LogP contribution in [0.1, 0.15) is 39.4 Å². The third-order valence-corrected chi connectivity index (χ3v) is 5.52. The summed E-state index contributed by atoms with van der Waals surface area (Å²) in [6, 6.07) is 5.52. The van der Waals surface area contributed by atoms with E-state index in [1.54, 1.807) is 0 Å². The number of hydrogen-bond donors (Lipinski definition) is 1. The second-order valence-corrected chi connectivity index (χ2v) is 7.41. The largest absolute Gasteiger partial charge is 0.451 e. The Labute approximate surface area is 153 Å². The van der Waals surface area contributed by atoms with E-state index in [9.17, 15) is 14.0 Å². The van der Waals surface area contributed by atoms with Crippen LogP contribution in [0, 0.1) is 5.82 Å². The van der Waals surface area contributed by atoms with Crippen LogP contribution in [0.15, 0.2) is 24.3 Å². The number of amides is 1. The Morgan fingerprint density at radius 3 is 2.80 bits per heavy atom. The highest BCUT2D eigenvalue weighted by Crippen LogP contribution is 2.29. The molecule has 1 amide bonds. The highest BCUT2D eigenvalue weighted by Gasteiger charge is 2.18. The van der Waals surface area contributed by atoms with E-state index in [0.29, 0.717) is 4.88 Å². The number of anilines is 1. The highest BCUT2D eigenvalue weighted by molar-refractivity contribution is 7.14. The molecule has 1 aromatic heterocycles. The van der Waals surface area contributed by atoms with E-state index in [0.717, 1.165) is 31.7 Å². The average molecular weight is 382 g/mol. The zero-order valence-corrected chi connectivity index (χ0v) is 15.0. The molecule has 0 unspecified atom stereocenters. The number of hydrogen-bond acceptors (Lipinski definition) is 4. The van der Waals surface area contributed by atoms with Crippen molar-refractivity contribution < 1.29 is 18.7 Å². The van der Waals surface area contributed by atoms with Gasteiger partial charge in [0.1, 0.15) is 10.7 Å². The van der Waals surface area contributed by atoms with Gasteiger partial charge in [-0.15, -0.1) is 11.3 Å². The number of ether oxygens (including phenoxy) is 1. The predicted octanol–water partition coefficient (Wildman–Crippen LogP) is 4.61. The fourth-order valence-corrected chi connectivity index (χ4v) is 4.11. The first kappa shape index (κ1) is 17.9. The van der Waals surface area contributed by atoms with E-state index in [2.05, 4.69) is 5.32 Å².